The van der Waals surface area contributed by atoms with Gasteiger partial charge in [0.2, 0.25) is 0 Å². The van der Waals surface area contributed by atoms with Crippen LogP contribution in [0.1, 0.15) is 51.5 Å². The van der Waals surface area contributed by atoms with E-state index >= 15 is 0 Å². The van der Waals surface area contributed by atoms with Crippen molar-refractivity contribution in [1.82, 2.24) is 0 Å². The summed E-state index contributed by atoms with van der Waals surface area (Å²) in [5.74, 6) is 0. The second kappa shape index (κ2) is 8.86. The normalized spacial score (nSPS) is 14.2. The molecule has 0 amide bonds. The molecule has 1 aromatic rings. The number of hydrogen-bond donors (Lipinski definition) is 0. The first kappa shape index (κ1) is 16.8. The van der Waals surface area contributed by atoms with Gasteiger partial charge in [0.1, 0.15) is 13.2 Å². The van der Waals surface area contributed by atoms with E-state index in [0.29, 0.717) is 7.58 Å². The molecule has 0 aliphatic carbocycles. The SMILES string of the molecule is CCCCC(=S)C(CCC)(OP=S)c1ccccc1. The highest BCUT2D eigenvalue weighted by Crippen LogP contribution is 2.37. The third-order valence-corrected chi connectivity index (χ3v) is 4.39. The standard InChI is InChI=1S/C15H21OPS2/c1-3-5-11-14(18)15(12-4-2,16-17-19)13-9-7-6-8-10-13/h6-10H,3-5,11-12H2,1-2H3. The molecule has 0 heterocycles. The Kier molecular flexibility index (Phi) is 7.86. The van der Waals surface area contributed by atoms with Gasteiger partial charge in [0.25, 0.3) is 0 Å². The van der Waals surface area contributed by atoms with Gasteiger partial charge in [0, 0.05) is 4.86 Å². The highest BCUT2D eigenvalue weighted by molar-refractivity contribution is 7.94. The summed E-state index contributed by atoms with van der Waals surface area (Å²) in [7, 11) is 0.520. The molecule has 1 atom stereocenters. The quantitative estimate of drug-likeness (QED) is 0.435. The Morgan fingerprint density at radius 2 is 1.89 bits per heavy atom. The molecule has 1 aromatic carbocycles. The second-order valence-electron chi connectivity index (χ2n) is 4.64. The van der Waals surface area contributed by atoms with Crippen molar-refractivity contribution in [3.8, 4) is 0 Å². The maximum Gasteiger partial charge on any atom is 0.138 e. The fourth-order valence-electron chi connectivity index (χ4n) is 2.26. The maximum atomic E-state index is 5.96. The van der Waals surface area contributed by atoms with Gasteiger partial charge >= 0.3 is 0 Å². The van der Waals surface area contributed by atoms with E-state index in [-0.39, 0.29) is 0 Å². The Morgan fingerprint density at radius 1 is 1.21 bits per heavy atom. The van der Waals surface area contributed by atoms with Crippen molar-refractivity contribution in [2.24, 2.45) is 0 Å². The summed E-state index contributed by atoms with van der Waals surface area (Å²) >= 11 is 10.7. The molecule has 0 aromatic heterocycles. The molecule has 19 heavy (non-hydrogen) atoms. The van der Waals surface area contributed by atoms with Crippen molar-refractivity contribution in [1.29, 1.82) is 0 Å². The average Bonchev–Trinajstić information content (AvgIpc) is 2.45. The smallest absolute Gasteiger partial charge is 0.138 e. The van der Waals surface area contributed by atoms with Crippen LogP contribution in [-0.2, 0) is 21.9 Å². The molecule has 0 N–H and O–H groups in total. The van der Waals surface area contributed by atoms with Gasteiger partial charge in [-0.25, -0.2) is 0 Å². The lowest BCUT2D eigenvalue weighted by molar-refractivity contribution is 0.160. The van der Waals surface area contributed by atoms with Crippen LogP contribution >= 0.6 is 19.8 Å². The van der Waals surface area contributed by atoms with Crippen molar-refractivity contribution in [2.45, 2.75) is 51.6 Å². The van der Waals surface area contributed by atoms with Crippen molar-refractivity contribution in [3.63, 3.8) is 0 Å². The van der Waals surface area contributed by atoms with Gasteiger partial charge in [-0.1, -0.05) is 69.2 Å². The Balaban J connectivity index is 3.13. The van der Waals surface area contributed by atoms with Crippen LogP contribution in [0.3, 0.4) is 0 Å². The van der Waals surface area contributed by atoms with Crippen molar-refractivity contribution >= 4 is 36.5 Å². The average molecular weight is 312 g/mol. The molecule has 0 radical (unpaired) electrons. The van der Waals surface area contributed by atoms with E-state index in [2.05, 4.69) is 26.0 Å². The summed E-state index contributed by atoms with van der Waals surface area (Å²) in [6.45, 7) is 4.34. The summed E-state index contributed by atoms with van der Waals surface area (Å²) in [5.41, 5.74) is 0.652. The van der Waals surface area contributed by atoms with E-state index in [1.165, 1.54) is 0 Å². The molecule has 0 aliphatic heterocycles. The van der Waals surface area contributed by atoms with Crippen molar-refractivity contribution in [2.75, 3.05) is 0 Å². The van der Waals surface area contributed by atoms with Gasteiger partial charge in [0.05, 0.1) is 0 Å². The lowest BCUT2D eigenvalue weighted by Crippen LogP contribution is -2.35. The molecule has 104 valence electrons. The minimum absolute atomic E-state index is 0.482. The zero-order valence-corrected chi connectivity index (χ0v) is 14.1. The van der Waals surface area contributed by atoms with Gasteiger partial charge in [-0.15, -0.1) is 0 Å². The third-order valence-electron chi connectivity index (χ3n) is 3.24. The van der Waals surface area contributed by atoms with E-state index in [4.69, 9.17) is 28.5 Å². The first-order chi connectivity index (χ1) is 9.21. The number of benzene rings is 1. The van der Waals surface area contributed by atoms with Crippen LogP contribution in [0.15, 0.2) is 30.3 Å². The van der Waals surface area contributed by atoms with Gasteiger partial charge in [-0.3, -0.25) is 0 Å². The van der Waals surface area contributed by atoms with E-state index in [1.54, 1.807) is 0 Å². The predicted octanol–water partition coefficient (Wildman–Crippen LogP) is 5.58. The van der Waals surface area contributed by atoms with Crippen molar-refractivity contribution < 1.29 is 4.52 Å². The van der Waals surface area contributed by atoms with Gasteiger partial charge in [0.15, 0.2) is 0 Å². The highest BCUT2D eigenvalue weighted by Gasteiger charge is 2.36. The zero-order chi connectivity index (χ0) is 14.1. The van der Waals surface area contributed by atoms with Crippen LogP contribution < -0.4 is 0 Å². The molecule has 0 fully saturated rings. The third kappa shape index (κ3) is 4.39. The van der Waals surface area contributed by atoms with Crippen LogP contribution in [0.4, 0.5) is 0 Å². The summed E-state index contributed by atoms with van der Waals surface area (Å²) in [6.07, 6.45) is 5.08. The fourth-order valence-corrected chi connectivity index (χ4v) is 3.54. The summed E-state index contributed by atoms with van der Waals surface area (Å²) < 4.78 is 5.96. The molecule has 0 bridgehead atoms. The molecule has 1 unspecified atom stereocenters. The summed E-state index contributed by atoms with van der Waals surface area (Å²) in [4.78, 5) is 0.986. The number of hydrogen-bond acceptors (Lipinski definition) is 3. The number of unbranched alkanes of at least 4 members (excludes halogenated alkanes) is 1. The van der Waals surface area contributed by atoms with E-state index in [0.717, 1.165) is 42.5 Å². The Labute approximate surface area is 128 Å². The van der Waals surface area contributed by atoms with Crippen LogP contribution in [0, 0.1) is 0 Å². The number of rotatable bonds is 9. The Bertz CT molecular complexity index is 408. The fraction of sp³-hybridized carbons (Fsp3) is 0.533. The molecule has 0 spiro atoms. The zero-order valence-electron chi connectivity index (χ0n) is 11.6. The lowest BCUT2D eigenvalue weighted by Gasteiger charge is -2.33. The Hall–Kier alpha value is -0.210. The largest absolute Gasteiger partial charge is 0.300 e. The second-order valence-corrected chi connectivity index (χ2v) is 5.91. The van der Waals surface area contributed by atoms with Crippen molar-refractivity contribution in [3.05, 3.63) is 35.9 Å². The molecule has 0 saturated carbocycles. The molecule has 0 saturated heterocycles. The van der Waals surface area contributed by atoms with Gasteiger partial charge in [-0.05, 0) is 36.6 Å². The monoisotopic (exact) mass is 312 g/mol. The first-order valence-electron chi connectivity index (χ1n) is 6.81. The summed E-state index contributed by atoms with van der Waals surface area (Å²) in [6, 6.07) is 10.3. The van der Waals surface area contributed by atoms with E-state index in [1.807, 2.05) is 18.2 Å². The van der Waals surface area contributed by atoms with Crippen LogP contribution in [-0.4, -0.2) is 4.86 Å². The topological polar surface area (TPSA) is 9.23 Å². The molecule has 1 nitrogen and oxygen atoms in total. The molecule has 1 rings (SSSR count). The van der Waals surface area contributed by atoms with Gasteiger partial charge < -0.3 is 4.52 Å². The van der Waals surface area contributed by atoms with E-state index < -0.39 is 5.60 Å². The highest BCUT2D eigenvalue weighted by atomic mass is 32.4. The van der Waals surface area contributed by atoms with Crippen LogP contribution in [0.5, 0.6) is 0 Å². The molecule has 4 heteroatoms. The van der Waals surface area contributed by atoms with Gasteiger partial charge in [-0.2, -0.15) is 0 Å². The molecular formula is C15H21OPS2. The molecule has 0 aliphatic rings. The maximum absolute atomic E-state index is 5.96. The first-order valence-corrected chi connectivity index (χ1v) is 9.04. The van der Waals surface area contributed by atoms with Crippen LogP contribution in [0.25, 0.3) is 0 Å². The van der Waals surface area contributed by atoms with Crippen LogP contribution in [0.2, 0.25) is 0 Å². The minimum atomic E-state index is -0.482. The molecular weight excluding hydrogens is 291 g/mol. The summed E-state index contributed by atoms with van der Waals surface area (Å²) in [5, 5.41) is 0. The Morgan fingerprint density at radius 3 is 2.42 bits per heavy atom. The minimum Gasteiger partial charge on any atom is -0.300 e. The van der Waals surface area contributed by atoms with E-state index in [9.17, 15) is 0 Å². The number of thiocarbonyl (C=S) groups is 1. The lowest BCUT2D eigenvalue weighted by atomic mass is 9.84. The predicted molar refractivity (Wildman–Crippen MR) is 90.5 cm³/mol.